The number of nitro benzene ring substituents is 1. The van der Waals surface area contributed by atoms with Gasteiger partial charge in [0.25, 0.3) is 5.69 Å². The van der Waals surface area contributed by atoms with Gasteiger partial charge in [0.15, 0.2) is 0 Å². The monoisotopic (exact) mass is 258 g/mol. The lowest BCUT2D eigenvalue weighted by molar-refractivity contribution is -0.384. The number of rotatable bonds is 3. The average Bonchev–Trinajstić information content (AvgIpc) is 2.88. The quantitative estimate of drug-likeness (QED) is 0.673. The molecule has 1 aromatic carbocycles. The summed E-state index contributed by atoms with van der Waals surface area (Å²) in [6.07, 6.45) is 4.75. The molecule has 98 valence electrons. The van der Waals surface area contributed by atoms with Gasteiger partial charge in [0.05, 0.1) is 17.2 Å². The van der Waals surface area contributed by atoms with Crippen LogP contribution in [0.15, 0.2) is 41.0 Å². The number of nitro groups is 1. The molecule has 1 heterocycles. The van der Waals surface area contributed by atoms with E-state index in [0.717, 1.165) is 36.3 Å². The van der Waals surface area contributed by atoms with Crippen molar-refractivity contribution < 1.29 is 9.34 Å². The first kappa shape index (κ1) is 11.8. The summed E-state index contributed by atoms with van der Waals surface area (Å²) in [5.74, 6) is 1.02. The van der Waals surface area contributed by atoms with Crippen LogP contribution in [-0.2, 0) is 6.42 Å². The summed E-state index contributed by atoms with van der Waals surface area (Å²) in [4.78, 5) is 10.4. The molecule has 0 saturated carbocycles. The summed E-state index contributed by atoms with van der Waals surface area (Å²) in [6.45, 7) is 0. The molecule has 1 aliphatic rings. The van der Waals surface area contributed by atoms with E-state index in [1.54, 1.807) is 18.4 Å². The SMILES string of the molecule is O=[N+]([O-])c1cccc(NC2CCCc3occc32)c1. The van der Waals surface area contributed by atoms with Crippen molar-refractivity contribution in [3.63, 3.8) is 0 Å². The Balaban J connectivity index is 1.83. The number of fused-ring (bicyclic) bond motifs is 1. The second-order valence-corrected chi connectivity index (χ2v) is 4.70. The molecule has 0 amide bonds. The number of nitrogens with zero attached hydrogens (tertiary/aromatic N) is 1. The molecule has 1 atom stereocenters. The summed E-state index contributed by atoms with van der Waals surface area (Å²) < 4.78 is 5.44. The van der Waals surface area contributed by atoms with Gasteiger partial charge in [0, 0.05) is 29.8 Å². The molecule has 0 saturated heterocycles. The summed E-state index contributed by atoms with van der Waals surface area (Å²) in [6, 6.07) is 8.75. The maximum absolute atomic E-state index is 10.8. The Hall–Kier alpha value is -2.30. The molecule has 1 unspecified atom stereocenters. The zero-order valence-electron chi connectivity index (χ0n) is 10.3. The second kappa shape index (κ2) is 4.76. The Labute approximate surface area is 110 Å². The first-order valence-corrected chi connectivity index (χ1v) is 6.31. The highest BCUT2D eigenvalue weighted by atomic mass is 16.6. The van der Waals surface area contributed by atoms with E-state index in [-0.39, 0.29) is 16.7 Å². The molecule has 0 bridgehead atoms. The number of aryl methyl sites for hydroxylation is 1. The molecule has 0 spiro atoms. The Bertz CT molecular complexity index is 606. The number of anilines is 1. The minimum atomic E-state index is -0.380. The van der Waals surface area contributed by atoms with Crippen LogP contribution in [-0.4, -0.2) is 4.92 Å². The second-order valence-electron chi connectivity index (χ2n) is 4.70. The topological polar surface area (TPSA) is 68.3 Å². The van der Waals surface area contributed by atoms with Gasteiger partial charge < -0.3 is 9.73 Å². The number of nitrogens with one attached hydrogen (secondary N) is 1. The lowest BCUT2D eigenvalue weighted by Gasteiger charge is -2.23. The summed E-state index contributed by atoms with van der Waals surface area (Å²) in [7, 11) is 0. The number of non-ortho nitro benzene ring substituents is 1. The number of hydrogen-bond donors (Lipinski definition) is 1. The third kappa shape index (κ3) is 2.31. The van der Waals surface area contributed by atoms with Gasteiger partial charge in [-0.1, -0.05) is 6.07 Å². The van der Waals surface area contributed by atoms with Gasteiger partial charge in [-0.15, -0.1) is 0 Å². The number of benzene rings is 1. The van der Waals surface area contributed by atoms with E-state index >= 15 is 0 Å². The highest BCUT2D eigenvalue weighted by Gasteiger charge is 2.22. The normalized spacial score (nSPS) is 17.8. The highest BCUT2D eigenvalue weighted by molar-refractivity contribution is 5.52. The molecule has 5 nitrogen and oxygen atoms in total. The van der Waals surface area contributed by atoms with Gasteiger partial charge in [0.2, 0.25) is 0 Å². The third-order valence-corrected chi connectivity index (χ3v) is 3.45. The Kier molecular flexibility index (Phi) is 2.95. The van der Waals surface area contributed by atoms with Crippen molar-refractivity contribution >= 4 is 11.4 Å². The lowest BCUT2D eigenvalue weighted by Crippen LogP contribution is -2.15. The van der Waals surface area contributed by atoms with Gasteiger partial charge in [0.1, 0.15) is 5.76 Å². The Morgan fingerprint density at radius 2 is 2.26 bits per heavy atom. The third-order valence-electron chi connectivity index (χ3n) is 3.45. The van der Waals surface area contributed by atoms with Gasteiger partial charge in [-0.25, -0.2) is 0 Å². The molecule has 1 aliphatic carbocycles. The van der Waals surface area contributed by atoms with Crippen molar-refractivity contribution in [1.29, 1.82) is 0 Å². The van der Waals surface area contributed by atoms with Crippen LogP contribution in [0.5, 0.6) is 0 Å². The predicted molar refractivity (Wildman–Crippen MR) is 71.1 cm³/mol. The summed E-state index contributed by atoms with van der Waals surface area (Å²) in [5, 5.41) is 14.1. The van der Waals surface area contributed by atoms with Gasteiger partial charge in [-0.3, -0.25) is 10.1 Å². The molecule has 2 aromatic rings. The minimum Gasteiger partial charge on any atom is -0.469 e. The molecule has 19 heavy (non-hydrogen) atoms. The van der Waals surface area contributed by atoms with E-state index in [2.05, 4.69) is 5.32 Å². The first-order chi connectivity index (χ1) is 9.24. The van der Waals surface area contributed by atoms with Gasteiger partial charge in [-0.2, -0.15) is 0 Å². The predicted octanol–water partition coefficient (Wildman–Crippen LogP) is 3.68. The van der Waals surface area contributed by atoms with E-state index in [1.807, 2.05) is 12.1 Å². The van der Waals surface area contributed by atoms with E-state index < -0.39 is 0 Å². The molecule has 0 radical (unpaired) electrons. The lowest BCUT2D eigenvalue weighted by atomic mass is 9.93. The molecule has 1 aromatic heterocycles. The van der Waals surface area contributed by atoms with Crippen molar-refractivity contribution in [2.45, 2.75) is 25.3 Å². The zero-order valence-corrected chi connectivity index (χ0v) is 10.3. The fourth-order valence-corrected chi connectivity index (χ4v) is 2.55. The van der Waals surface area contributed by atoms with E-state index in [0.29, 0.717) is 0 Å². The van der Waals surface area contributed by atoms with Crippen LogP contribution in [0.1, 0.15) is 30.2 Å². The standard InChI is InChI=1S/C14H14N2O3/c17-16(18)11-4-1-3-10(9-11)15-13-5-2-6-14-12(13)7-8-19-14/h1,3-4,7-9,13,15H,2,5-6H2. The maximum atomic E-state index is 10.8. The van der Waals surface area contributed by atoms with Crippen molar-refractivity contribution in [2.75, 3.05) is 5.32 Å². The van der Waals surface area contributed by atoms with Crippen LogP contribution >= 0.6 is 0 Å². The molecule has 0 fully saturated rings. The van der Waals surface area contributed by atoms with E-state index in [4.69, 9.17) is 4.42 Å². The van der Waals surface area contributed by atoms with Crippen LogP contribution in [0.3, 0.4) is 0 Å². The number of furan rings is 1. The Morgan fingerprint density at radius 3 is 3.11 bits per heavy atom. The smallest absolute Gasteiger partial charge is 0.271 e. The van der Waals surface area contributed by atoms with Crippen molar-refractivity contribution in [1.82, 2.24) is 0 Å². The summed E-state index contributed by atoms with van der Waals surface area (Å²) >= 11 is 0. The fraction of sp³-hybridized carbons (Fsp3) is 0.286. The average molecular weight is 258 g/mol. The highest BCUT2D eigenvalue weighted by Crippen LogP contribution is 2.33. The zero-order chi connectivity index (χ0) is 13.2. The number of hydrogen-bond acceptors (Lipinski definition) is 4. The van der Waals surface area contributed by atoms with Crippen LogP contribution < -0.4 is 5.32 Å². The van der Waals surface area contributed by atoms with Crippen molar-refractivity contribution in [3.8, 4) is 0 Å². The molecule has 1 N–H and O–H groups in total. The van der Waals surface area contributed by atoms with Gasteiger partial charge >= 0.3 is 0 Å². The van der Waals surface area contributed by atoms with Crippen LogP contribution in [0.2, 0.25) is 0 Å². The molecular weight excluding hydrogens is 244 g/mol. The maximum Gasteiger partial charge on any atom is 0.271 e. The molecular formula is C14H14N2O3. The molecule has 3 rings (SSSR count). The van der Waals surface area contributed by atoms with E-state index in [9.17, 15) is 10.1 Å². The Morgan fingerprint density at radius 1 is 1.37 bits per heavy atom. The summed E-state index contributed by atoms with van der Waals surface area (Å²) in [5.41, 5.74) is 2.04. The minimum absolute atomic E-state index is 0.105. The van der Waals surface area contributed by atoms with Crippen molar-refractivity contribution in [3.05, 3.63) is 58.0 Å². The van der Waals surface area contributed by atoms with Gasteiger partial charge in [-0.05, 0) is 25.0 Å². The molecule has 0 aliphatic heterocycles. The largest absolute Gasteiger partial charge is 0.469 e. The van der Waals surface area contributed by atoms with Crippen LogP contribution in [0.4, 0.5) is 11.4 Å². The van der Waals surface area contributed by atoms with Crippen LogP contribution in [0.25, 0.3) is 0 Å². The fourth-order valence-electron chi connectivity index (χ4n) is 2.55. The molecule has 5 heteroatoms. The first-order valence-electron chi connectivity index (χ1n) is 6.31. The van der Waals surface area contributed by atoms with Crippen molar-refractivity contribution in [2.24, 2.45) is 0 Å². The van der Waals surface area contributed by atoms with E-state index in [1.165, 1.54) is 6.07 Å². The van der Waals surface area contributed by atoms with Crippen LogP contribution in [0, 0.1) is 10.1 Å².